The lowest BCUT2D eigenvalue weighted by atomic mass is 10.0. The molecule has 0 spiro atoms. The van der Waals surface area contributed by atoms with E-state index >= 15 is 0 Å². The zero-order valence-electron chi connectivity index (χ0n) is 22.1. The standard InChI is InChI=1S/C29H32F3N3O3/c1-19-8-13-24(17-20(19)2)35(16-14-21-9-11-23(12-10-21)29(30,31)32)26(36)25(22-7-6-15-33-18-22)34-27(37)38-28(3,4)5/h6-13,15,17-18,25H,14,16H2,1-5H3,(H,34,37). The van der Waals surface area contributed by atoms with Crippen molar-refractivity contribution in [1.29, 1.82) is 0 Å². The second kappa shape index (κ2) is 11.7. The van der Waals surface area contributed by atoms with Crippen LogP contribution < -0.4 is 10.2 Å². The van der Waals surface area contributed by atoms with E-state index in [-0.39, 0.29) is 6.54 Å². The van der Waals surface area contributed by atoms with Crippen molar-refractivity contribution >= 4 is 17.7 Å². The van der Waals surface area contributed by atoms with Crippen molar-refractivity contribution in [3.63, 3.8) is 0 Å². The van der Waals surface area contributed by atoms with Gasteiger partial charge in [-0.3, -0.25) is 9.78 Å². The summed E-state index contributed by atoms with van der Waals surface area (Å²) in [5, 5.41) is 2.67. The molecule has 2 aromatic carbocycles. The summed E-state index contributed by atoms with van der Waals surface area (Å²) < 4.78 is 44.4. The second-order valence-corrected chi connectivity index (χ2v) is 10.1. The normalized spacial score (nSPS) is 12.5. The maximum absolute atomic E-state index is 14.0. The van der Waals surface area contributed by atoms with Crippen molar-refractivity contribution in [2.75, 3.05) is 11.4 Å². The van der Waals surface area contributed by atoms with Crippen LogP contribution in [0.4, 0.5) is 23.7 Å². The van der Waals surface area contributed by atoms with Crippen molar-refractivity contribution in [1.82, 2.24) is 10.3 Å². The number of hydrogen-bond acceptors (Lipinski definition) is 4. The molecule has 0 aliphatic heterocycles. The van der Waals surface area contributed by atoms with Crippen LogP contribution >= 0.6 is 0 Å². The average molecular weight is 528 g/mol. The van der Waals surface area contributed by atoms with E-state index in [9.17, 15) is 22.8 Å². The topological polar surface area (TPSA) is 71.5 Å². The predicted molar refractivity (Wildman–Crippen MR) is 140 cm³/mol. The molecule has 0 aliphatic rings. The molecule has 0 aliphatic carbocycles. The third kappa shape index (κ3) is 7.81. The lowest BCUT2D eigenvalue weighted by molar-refractivity contribution is -0.137. The van der Waals surface area contributed by atoms with Crippen molar-refractivity contribution in [3.05, 3.63) is 94.8 Å². The van der Waals surface area contributed by atoms with Crippen LogP contribution in [0.2, 0.25) is 0 Å². The number of halogens is 3. The Morgan fingerprint density at radius 1 is 1.00 bits per heavy atom. The maximum atomic E-state index is 14.0. The Balaban J connectivity index is 1.95. The maximum Gasteiger partial charge on any atom is 0.416 e. The second-order valence-electron chi connectivity index (χ2n) is 10.1. The van der Waals surface area contributed by atoms with Crippen LogP contribution in [0.25, 0.3) is 0 Å². The summed E-state index contributed by atoms with van der Waals surface area (Å²) in [5.74, 6) is -0.431. The molecule has 3 aromatic rings. The van der Waals surface area contributed by atoms with E-state index in [0.29, 0.717) is 23.2 Å². The number of aryl methyl sites for hydroxylation is 2. The molecule has 202 valence electrons. The van der Waals surface area contributed by atoms with E-state index in [0.717, 1.165) is 23.3 Å². The van der Waals surface area contributed by atoms with Gasteiger partial charge in [-0.05, 0) is 88.1 Å². The number of amides is 2. The number of aromatic nitrogens is 1. The van der Waals surface area contributed by atoms with E-state index in [4.69, 9.17) is 4.74 Å². The summed E-state index contributed by atoms with van der Waals surface area (Å²) in [6.07, 6.45) is -1.84. The van der Waals surface area contributed by atoms with Gasteiger partial charge in [-0.15, -0.1) is 0 Å². The van der Waals surface area contributed by atoms with Gasteiger partial charge in [0, 0.05) is 30.2 Å². The van der Waals surface area contributed by atoms with Gasteiger partial charge in [0.15, 0.2) is 0 Å². The Bertz CT molecular complexity index is 1250. The number of hydrogen-bond donors (Lipinski definition) is 1. The highest BCUT2D eigenvalue weighted by Crippen LogP contribution is 2.29. The fourth-order valence-electron chi connectivity index (χ4n) is 3.78. The zero-order chi connectivity index (χ0) is 28.1. The number of nitrogens with zero attached hydrogens (tertiary/aromatic N) is 2. The summed E-state index contributed by atoms with van der Waals surface area (Å²) in [6.45, 7) is 9.21. The smallest absolute Gasteiger partial charge is 0.416 e. The number of alkyl carbamates (subject to hydrolysis) is 1. The molecule has 38 heavy (non-hydrogen) atoms. The van der Waals surface area contributed by atoms with Gasteiger partial charge in [-0.1, -0.05) is 24.3 Å². The van der Waals surface area contributed by atoms with E-state index < -0.39 is 35.4 Å². The first kappa shape index (κ1) is 28.7. The van der Waals surface area contributed by atoms with Gasteiger partial charge in [-0.25, -0.2) is 4.79 Å². The van der Waals surface area contributed by atoms with E-state index in [1.54, 1.807) is 45.2 Å². The molecule has 0 bridgehead atoms. The average Bonchev–Trinajstić information content (AvgIpc) is 2.84. The molecule has 1 N–H and O–H groups in total. The van der Waals surface area contributed by atoms with E-state index in [1.165, 1.54) is 23.2 Å². The highest BCUT2D eigenvalue weighted by molar-refractivity contribution is 5.99. The van der Waals surface area contributed by atoms with Crippen LogP contribution in [0, 0.1) is 13.8 Å². The van der Waals surface area contributed by atoms with Gasteiger partial charge in [0.1, 0.15) is 11.6 Å². The number of carbonyl (C=O) groups is 2. The van der Waals surface area contributed by atoms with Gasteiger partial charge in [0.2, 0.25) is 0 Å². The van der Waals surface area contributed by atoms with Gasteiger partial charge in [0.05, 0.1) is 5.56 Å². The molecular formula is C29H32F3N3O3. The van der Waals surface area contributed by atoms with Gasteiger partial charge < -0.3 is 15.0 Å². The summed E-state index contributed by atoms with van der Waals surface area (Å²) in [4.78, 5) is 32.3. The molecule has 6 nitrogen and oxygen atoms in total. The lowest BCUT2D eigenvalue weighted by Crippen LogP contribution is -2.45. The van der Waals surface area contributed by atoms with Crippen LogP contribution in [0.1, 0.15) is 54.6 Å². The largest absolute Gasteiger partial charge is 0.444 e. The van der Waals surface area contributed by atoms with Crippen molar-refractivity contribution in [2.24, 2.45) is 0 Å². The number of carbonyl (C=O) groups excluding carboxylic acids is 2. The minimum Gasteiger partial charge on any atom is -0.444 e. The highest BCUT2D eigenvalue weighted by atomic mass is 19.4. The van der Waals surface area contributed by atoms with Crippen LogP contribution in [0.5, 0.6) is 0 Å². The Kier molecular flexibility index (Phi) is 8.81. The number of alkyl halides is 3. The van der Waals surface area contributed by atoms with Crippen molar-refractivity contribution in [2.45, 2.75) is 58.9 Å². The quantitative estimate of drug-likeness (QED) is 0.378. The minimum atomic E-state index is -4.43. The molecule has 9 heteroatoms. The molecule has 2 amide bonds. The Morgan fingerprint density at radius 3 is 2.24 bits per heavy atom. The van der Waals surface area contributed by atoms with Crippen LogP contribution in [-0.4, -0.2) is 29.1 Å². The summed E-state index contributed by atoms with van der Waals surface area (Å²) in [5.41, 5.74) is 2.20. The van der Waals surface area contributed by atoms with Crippen LogP contribution in [-0.2, 0) is 22.1 Å². The molecule has 0 radical (unpaired) electrons. The SMILES string of the molecule is Cc1ccc(N(CCc2ccc(C(F)(F)F)cc2)C(=O)C(NC(=O)OC(C)(C)C)c2cccnc2)cc1C. The number of ether oxygens (including phenoxy) is 1. The summed E-state index contributed by atoms with van der Waals surface area (Å²) >= 11 is 0. The molecule has 1 aromatic heterocycles. The fourth-order valence-corrected chi connectivity index (χ4v) is 3.78. The fraction of sp³-hybridized carbons (Fsp3) is 0.345. The summed E-state index contributed by atoms with van der Waals surface area (Å²) in [6, 6.07) is 12.7. The van der Waals surface area contributed by atoms with Crippen molar-refractivity contribution < 1.29 is 27.5 Å². The minimum absolute atomic E-state index is 0.166. The Hall–Kier alpha value is -3.88. The number of rotatable bonds is 7. The number of pyridine rings is 1. The third-order valence-electron chi connectivity index (χ3n) is 5.90. The number of nitrogens with one attached hydrogen (secondary N) is 1. The van der Waals surface area contributed by atoms with Crippen molar-refractivity contribution in [3.8, 4) is 0 Å². The Labute approximate surface area is 220 Å². The number of benzene rings is 2. The molecule has 1 atom stereocenters. The Morgan fingerprint density at radius 2 is 1.68 bits per heavy atom. The van der Waals surface area contributed by atoms with Crippen LogP contribution in [0.3, 0.4) is 0 Å². The van der Waals surface area contributed by atoms with Gasteiger partial charge in [0.25, 0.3) is 5.91 Å². The number of anilines is 1. The first-order chi connectivity index (χ1) is 17.7. The zero-order valence-corrected chi connectivity index (χ0v) is 22.1. The lowest BCUT2D eigenvalue weighted by Gasteiger charge is -2.29. The van der Waals surface area contributed by atoms with E-state index in [1.807, 2.05) is 26.0 Å². The first-order valence-corrected chi connectivity index (χ1v) is 12.2. The predicted octanol–water partition coefficient (Wildman–Crippen LogP) is 6.56. The molecule has 1 heterocycles. The first-order valence-electron chi connectivity index (χ1n) is 12.2. The molecular weight excluding hydrogens is 495 g/mol. The molecule has 0 saturated carbocycles. The highest BCUT2D eigenvalue weighted by Gasteiger charge is 2.32. The third-order valence-corrected chi connectivity index (χ3v) is 5.90. The molecule has 0 fully saturated rings. The molecule has 1 unspecified atom stereocenters. The van der Waals surface area contributed by atoms with Gasteiger partial charge in [-0.2, -0.15) is 13.2 Å². The molecule has 3 rings (SSSR count). The van der Waals surface area contributed by atoms with Crippen LogP contribution in [0.15, 0.2) is 67.0 Å². The van der Waals surface area contributed by atoms with E-state index in [2.05, 4.69) is 10.3 Å². The summed E-state index contributed by atoms with van der Waals surface area (Å²) in [7, 11) is 0. The van der Waals surface area contributed by atoms with Gasteiger partial charge >= 0.3 is 12.3 Å². The monoisotopic (exact) mass is 527 g/mol. The molecule has 0 saturated heterocycles.